The minimum atomic E-state index is 0.274. The van der Waals surface area contributed by atoms with E-state index in [0.717, 1.165) is 16.2 Å². The molecule has 2 rings (SSSR count). The second-order valence-electron chi connectivity index (χ2n) is 3.54. The molecule has 1 N–H and O–H groups in total. The molecule has 86 valence electrons. The topological polar surface area (TPSA) is 49.7 Å². The van der Waals surface area contributed by atoms with Crippen LogP contribution in [0.15, 0.2) is 58.6 Å². The Bertz CT molecular complexity index is 494. The monoisotopic (exact) mass is 245 g/mol. The van der Waals surface area contributed by atoms with E-state index >= 15 is 0 Å². The summed E-state index contributed by atoms with van der Waals surface area (Å²) < 4.78 is 0. The van der Waals surface area contributed by atoms with Gasteiger partial charge in [0, 0.05) is 10.6 Å². The maximum absolute atomic E-state index is 10.3. The summed E-state index contributed by atoms with van der Waals surface area (Å²) >= 11 is 1.68. The smallest absolute Gasteiger partial charge is 0.115 e. The van der Waals surface area contributed by atoms with E-state index < -0.39 is 0 Å². The van der Waals surface area contributed by atoms with Gasteiger partial charge < -0.3 is 5.11 Å². The molecular weight excluding hydrogens is 234 g/mol. The van der Waals surface area contributed by atoms with Gasteiger partial charge in [-0.2, -0.15) is 0 Å². The molecule has 0 aliphatic rings. The van der Waals surface area contributed by atoms with Gasteiger partial charge in [-0.3, -0.25) is 0 Å². The average Bonchev–Trinajstić information content (AvgIpc) is 2.39. The van der Waals surface area contributed by atoms with Crippen molar-refractivity contribution in [3.63, 3.8) is 0 Å². The SMILES string of the molecule is O=Nc1ccc(CSc2ccc(O)cc2)cc1. The quantitative estimate of drug-likeness (QED) is 0.652. The van der Waals surface area contributed by atoms with Crippen LogP contribution in [-0.4, -0.2) is 5.11 Å². The van der Waals surface area contributed by atoms with Crippen molar-refractivity contribution in [1.82, 2.24) is 0 Å². The number of thioether (sulfide) groups is 1. The van der Waals surface area contributed by atoms with Gasteiger partial charge in [-0.05, 0) is 47.1 Å². The molecule has 0 bridgehead atoms. The molecule has 0 spiro atoms. The Morgan fingerprint density at radius 2 is 1.65 bits per heavy atom. The zero-order chi connectivity index (χ0) is 12.1. The predicted octanol–water partition coefficient (Wildman–Crippen LogP) is 4.08. The van der Waals surface area contributed by atoms with E-state index in [1.54, 1.807) is 36.0 Å². The highest BCUT2D eigenvalue weighted by molar-refractivity contribution is 7.98. The normalized spacial score (nSPS) is 10.1. The van der Waals surface area contributed by atoms with E-state index in [-0.39, 0.29) is 5.75 Å². The number of aromatic hydroxyl groups is 1. The largest absolute Gasteiger partial charge is 0.508 e. The third-order valence-corrected chi connectivity index (χ3v) is 3.37. The molecule has 0 radical (unpaired) electrons. The zero-order valence-electron chi connectivity index (χ0n) is 9.04. The average molecular weight is 245 g/mol. The van der Waals surface area contributed by atoms with Crippen LogP contribution < -0.4 is 0 Å². The van der Waals surface area contributed by atoms with Crippen molar-refractivity contribution in [2.24, 2.45) is 5.18 Å². The molecule has 0 aliphatic heterocycles. The number of benzene rings is 2. The second-order valence-corrected chi connectivity index (χ2v) is 4.59. The van der Waals surface area contributed by atoms with Gasteiger partial charge in [-0.15, -0.1) is 16.7 Å². The molecule has 0 aliphatic carbocycles. The molecule has 0 amide bonds. The summed E-state index contributed by atoms with van der Waals surface area (Å²) in [4.78, 5) is 11.3. The van der Waals surface area contributed by atoms with Crippen molar-refractivity contribution in [3.05, 3.63) is 59.0 Å². The van der Waals surface area contributed by atoms with Crippen LogP contribution in [0.4, 0.5) is 5.69 Å². The summed E-state index contributed by atoms with van der Waals surface area (Å²) in [6.07, 6.45) is 0. The predicted molar refractivity (Wildman–Crippen MR) is 69.6 cm³/mol. The van der Waals surface area contributed by atoms with Crippen molar-refractivity contribution in [2.75, 3.05) is 0 Å². The van der Waals surface area contributed by atoms with E-state index in [1.165, 1.54) is 0 Å². The molecule has 3 nitrogen and oxygen atoms in total. The summed E-state index contributed by atoms with van der Waals surface area (Å²) in [5, 5.41) is 12.0. The lowest BCUT2D eigenvalue weighted by molar-refractivity contribution is 0.475. The van der Waals surface area contributed by atoms with E-state index in [0.29, 0.717) is 5.69 Å². The maximum atomic E-state index is 10.3. The first kappa shape index (κ1) is 11.7. The summed E-state index contributed by atoms with van der Waals surface area (Å²) in [5.74, 6) is 1.10. The molecule has 0 saturated heterocycles. The molecule has 0 fully saturated rings. The Morgan fingerprint density at radius 1 is 1.00 bits per heavy atom. The van der Waals surface area contributed by atoms with Gasteiger partial charge in [0.05, 0.1) is 0 Å². The van der Waals surface area contributed by atoms with Crippen LogP contribution in [0.2, 0.25) is 0 Å². The number of nitroso groups, excluding NO2 is 1. The van der Waals surface area contributed by atoms with Gasteiger partial charge in [-0.25, -0.2) is 0 Å². The standard InChI is InChI=1S/C13H11NO2S/c15-12-5-7-13(8-6-12)17-9-10-1-3-11(14-16)4-2-10/h1-8,15H,9H2. The number of hydrogen-bond acceptors (Lipinski definition) is 4. The van der Waals surface area contributed by atoms with Crippen LogP contribution >= 0.6 is 11.8 Å². The lowest BCUT2D eigenvalue weighted by atomic mass is 10.2. The molecule has 4 heteroatoms. The Hall–Kier alpha value is -1.81. The fourth-order valence-corrected chi connectivity index (χ4v) is 2.22. The highest BCUT2D eigenvalue weighted by Crippen LogP contribution is 2.25. The Morgan fingerprint density at radius 3 is 2.24 bits per heavy atom. The molecule has 0 saturated carbocycles. The summed E-state index contributed by atoms with van der Waals surface area (Å²) in [6.45, 7) is 0. The number of rotatable bonds is 4. The molecule has 0 atom stereocenters. The molecule has 2 aromatic carbocycles. The molecule has 17 heavy (non-hydrogen) atoms. The van der Waals surface area contributed by atoms with Gasteiger partial charge in [0.25, 0.3) is 0 Å². The van der Waals surface area contributed by atoms with Gasteiger partial charge in [0.2, 0.25) is 0 Å². The van der Waals surface area contributed by atoms with Crippen LogP contribution in [-0.2, 0) is 5.75 Å². The Balaban J connectivity index is 1.97. The first-order valence-electron chi connectivity index (χ1n) is 5.12. The van der Waals surface area contributed by atoms with Crippen LogP contribution in [0.3, 0.4) is 0 Å². The molecule has 0 heterocycles. The highest BCUT2D eigenvalue weighted by Gasteiger charge is 1.97. The van der Waals surface area contributed by atoms with E-state index in [2.05, 4.69) is 5.18 Å². The van der Waals surface area contributed by atoms with Crippen LogP contribution in [0.5, 0.6) is 5.75 Å². The number of hydrogen-bond donors (Lipinski definition) is 1. The lowest BCUT2D eigenvalue weighted by Gasteiger charge is -2.02. The third-order valence-electron chi connectivity index (χ3n) is 2.28. The highest BCUT2D eigenvalue weighted by atomic mass is 32.2. The van der Waals surface area contributed by atoms with Crippen LogP contribution in [0, 0.1) is 4.91 Å². The van der Waals surface area contributed by atoms with Gasteiger partial charge in [0.15, 0.2) is 0 Å². The third kappa shape index (κ3) is 3.32. The summed E-state index contributed by atoms with van der Waals surface area (Å²) in [7, 11) is 0. The first-order chi connectivity index (χ1) is 8.28. The molecule has 0 aromatic heterocycles. The van der Waals surface area contributed by atoms with E-state index in [1.807, 2.05) is 24.3 Å². The van der Waals surface area contributed by atoms with Gasteiger partial charge in [-0.1, -0.05) is 12.1 Å². The minimum Gasteiger partial charge on any atom is -0.508 e. The van der Waals surface area contributed by atoms with Crippen molar-refractivity contribution < 1.29 is 5.11 Å². The zero-order valence-corrected chi connectivity index (χ0v) is 9.85. The summed E-state index contributed by atoms with van der Waals surface area (Å²) in [6, 6.07) is 14.3. The van der Waals surface area contributed by atoms with E-state index in [4.69, 9.17) is 5.11 Å². The van der Waals surface area contributed by atoms with Crippen LogP contribution in [0.25, 0.3) is 0 Å². The molecular formula is C13H11NO2S. The summed E-state index contributed by atoms with van der Waals surface area (Å²) in [5.41, 5.74) is 1.58. The van der Waals surface area contributed by atoms with Crippen LogP contribution in [0.1, 0.15) is 5.56 Å². The van der Waals surface area contributed by atoms with Crippen molar-refractivity contribution in [1.29, 1.82) is 0 Å². The van der Waals surface area contributed by atoms with Crippen molar-refractivity contribution in [2.45, 2.75) is 10.6 Å². The lowest BCUT2D eigenvalue weighted by Crippen LogP contribution is -1.79. The van der Waals surface area contributed by atoms with Gasteiger partial charge in [0.1, 0.15) is 11.4 Å². The fourth-order valence-electron chi connectivity index (χ4n) is 1.36. The van der Waals surface area contributed by atoms with E-state index in [9.17, 15) is 4.91 Å². The van der Waals surface area contributed by atoms with Gasteiger partial charge >= 0.3 is 0 Å². The Labute approximate surface area is 103 Å². The molecule has 2 aromatic rings. The Kier molecular flexibility index (Phi) is 3.77. The maximum Gasteiger partial charge on any atom is 0.115 e. The number of phenols is 1. The van der Waals surface area contributed by atoms with Crippen molar-refractivity contribution in [3.8, 4) is 5.75 Å². The number of nitrogens with zero attached hydrogens (tertiary/aromatic N) is 1. The minimum absolute atomic E-state index is 0.274. The first-order valence-corrected chi connectivity index (χ1v) is 6.10. The number of phenolic OH excluding ortho intramolecular Hbond substituents is 1. The second kappa shape index (κ2) is 5.50. The molecule has 0 unspecified atom stereocenters. The fraction of sp³-hybridized carbons (Fsp3) is 0.0769. The van der Waals surface area contributed by atoms with Crippen molar-refractivity contribution >= 4 is 17.4 Å².